The van der Waals surface area contributed by atoms with Crippen LogP contribution in [0.25, 0.3) is 16.8 Å². The van der Waals surface area contributed by atoms with Crippen LogP contribution < -0.4 is 0 Å². The van der Waals surface area contributed by atoms with Crippen LogP contribution in [0.3, 0.4) is 0 Å². The lowest BCUT2D eigenvalue weighted by Crippen LogP contribution is -2.34. The molecule has 0 spiro atoms. The fourth-order valence-electron chi connectivity index (χ4n) is 2.80. The number of thiazole rings is 1. The van der Waals surface area contributed by atoms with Gasteiger partial charge in [-0.05, 0) is 25.5 Å². The number of nitrogens with one attached hydrogen (secondary N) is 1. The summed E-state index contributed by atoms with van der Waals surface area (Å²) in [5.74, 6) is 0.266. The molecule has 8 heteroatoms. The van der Waals surface area contributed by atoms with Crippen LogP contribution in [-0.2, 0) is 6.18 Å². The van der Waals surface area contributed by atoms with Gasteiger partial charge in [-0.1, -0.05) is 19.1 Å². The number of hydrogen-bond donors (Lipinski definition) is 2. The molecule has 3 rings (SSSR count). The van der Waals surface area contributed by atoms with Crippen molar-refractivity contribution in [2.75, 3.05) is 6.54 Å². The molecule has 1 aliphatic rings. The molecule has 138 valence electrons. The van der Waals surface area contributed by atoms with E-state index < -0.39 is 11.7 Å². The Morgan fingerprint density at radius 1 is 1.38 bits per heavy atom. The molecule has 0 saturated carbocycles. The lowest BCUT2D eigenvalue weighted by atomic mass is 10.1. The van der Waals surface area contributed by atoms with E-state index in [1.807, 2.05) is 13.8 Å². The van der Waals surface area contributed by atoms with Crippen molar-refractivity contribution in [2.45, 2.75) is 32.5 Å². The average molecular weight is 381 g/mol. The molecule has 0 saturated heterocycles. The summed E-state index contributed by atoms with van der Waals surface area (Å²) < 4.78 is 38.7. The number of hydrogen-bond acceptors (Lipinski definition) is 4. The first-order valence-corrected chi connectivity index (χ1v) is 9.01. The standard InChI is InChI=1S/C18H18F3N3OS/c1-3-10(2)24-8-14(25)15(16(24)22)17-23-13(9-26-17)11-5-4-6-12(7-11)18(19,20)21/h4-7,9-10,22,25H,3,8H2,1-2H3. The van der Waals surface area contributed by atoms with Crippen molar-refractivity contribution in [1.82, 2.24) is 9.88 Å². The highest BCUT2D eigenvalue weighted by Gasteiger charge is 2.33. The maximum absolute atomic E-state index is 12.9. The van der Waals surface area contributed by atoms with Gasteiger partial charge in [0, 0.05) is 17.0 Å². The maximum Gasteiger partial charge on any atom is 0.416 e. The lowest BCUT2D eigenvalue weighted by Gasteiger charge is -2.25. The smallest absolute Gasteiger partial charge is 0.416 e. The lowest BCUT2D eigenvalue weighted by molar-refractivity contribution is -0.137. The van der Waals surface area contributed by atoms with Crippen molar-refractivity contribution in [3.8, 4) is 11.3 Å². The van der Waals surface area contributed by atoms with Crippen LogP contribution in [0.2, 0.25) is 0 Å². The van der Waals surface area contributed by atoms with Crippen LogP contribution in [-0.4, -0.2) is 33.4 Å². The predicted molar refractivity (Wildman–Crippen MR) is 96.3 cm³/mol. The molecule has 0 aliphatic carbocycles. The van der Waals surface area contributed by atoms with Gasteiger partial charge in [0.25, 0.3) is 0 Å². The van der Waals surface area contributed by atoms with Gasteiger partial charge in [0.05, 0.1) is 23.4 Å². The number of rotatable bonds is 4. The zero-order valence-electron chi connectivity index (χ0n) is 14.3. The third-order valence-corrected chi connectivity index (χ3v) is 5.32. The van der Waals surface area contributed by atoms with Crippen LogP contribution in [0, 0.1) is 5.41 Å². The van der Waals surface area contributed by atoms with E-state index in [0.29, 0.717) is 21.8 Å². The summed E-state index contributed by atoms with van der Waals surface area (Å²) in [6, 6.07) is 5.08. The normalized spacial score (nSPS) is 16.5. The number of alkyl halides is 3. The number of aliphatic hydroxyl groups is 1. The van der Waals surface area contributed by atoms with E-state index >= 15 is 0 Å². The fraction of sp³-hybridized carbons (Fsp3) is 0.333. The number of aliphatic hydroxyl groups excluding tert-OH is 1. The minimum Gasteiger partial charge on any atom is -0.510 e. The van der Waals surface area contributed by atoms with Gasteiger partial charge < -0.3 is 10.0 Å². The molecule has 0 bridgehead atoms. The molecule has 2 N–H and O–H groups in total. The summed E-state index contributed by atoms with van der Waals surface area (Å²) in [6.45, 7) is 4.23. The molecule has 0 radical (unpaired) electrons. The van der Waals surface area contributed by atoms with E-state index in [-0.39, 0.29) is 24.2 Å². The fourth-order valence-corrected chi connectivity index (χ4v) is 3.69. The summed E-state index contributed by atoms with van der Waals surface area (Å²) in [4.78, 5) is 6.16. The molecule has 0 amide bonds. The Morgan fingerprint density at radius 2 is 2.12 bits per heavy atom. The monoisotopic (exact) mass is 381 g/mol. The summed E-state index contributed by atoms with van der Waals surface area (Å²) in [6.07, 6.45) is -3.59. The highest BCUT2D eigenvalue weighted by atomic mass is 32.1. The van der Waals surface area contributed by atoms with E-state index in [1.165, 1.54) is 17.4 Å². The molecule has 26 heavy (non-hydrogen) atoms. The minimum atomic E-state index is -4.42. The van der Waals surface area contributed by atoms with Gasteiger partial charge in [-0.25, -0.2) is 4.98 Å². The van der Waals surface area contributed by atoms with Gasteiger partial charge in [0.15, 0.2) is 0 Å². The average Bonchev–Trinajstić information content (AvgIpc) is 3.18. The number of halogens is 3. The van der Waals surface area contributed by atoms with Gasteiger partial charge in [0.1, 0.15) is 16.6 Å². The highest BCUT2D eigenvalue weighted by Crippen LogP contribution is 2.35. The number of amidine groups is 1. The van der Waals surface area contributed by atoms with Crippen LogP contribution in [0.4, 0.5) is 13.2 Å². The summed E-state index contributed by atoms with van der Waals surface area (Å²) in [5.41, 5.74) is 0.369. The Morgan fingerprint density at radius 3 is 2.77 bits per heavy atom. The van der Waals surface area contributed by atoms with E-state index in [9.17, 15) is 18.3 Å². The molecular weight excluding hydrogens is 363 g/mol. The molecule has 1 aromatic carbocycles. The van der Waals surface area contributed by atoms with E-state index in [0.717, 1.165) is 18.6 Å². The quantitative estimate of drug-likeness (QED) is 0.766. The Balaban J connectivity index is 1.92. The Labute approximate surface area is 153 Å². The third-order valence-electron chi connectivity index (χ3n) is 4.46. The minimum absolute atomic E-state index is 0.0697. The summed E-state index contributed by atoms with van der Waals surface area (Å²) in [7, 11) is 0. The first kappa shape index (κ1) is 18.4. The van der Waals surface area contributed by atoms with Crippen molar-refractivity contribution >= 4 is 22.7 Å². The third kappa shape index (κ3) is 3.33. The molecule has 1 unspecified atom stereocenters. The summed E-state index contributed by atoms with van der Waals surface area (Å²) in [5, 5.41) is 20.7. The SMILES string of the molecule is CCC(C)N1CC(O)=C(c2nc(-c3cccc(C(F)(F)F)c3)cs2)C1=N. The number of nitrogens with zero attached hydrogens (tertiary/aromatic N) is 2. The molecule has 2 aromatic rings. The van der Waals surface area contributed by atoms with Gasteiger partial charge in [0.2, 0.25) is 0 Å². The van der Waals surface area contributed by atoms with Gasteiger partial charge in [-0.15, -0.1) is 11.3 Å². The van der Waals surface area contributed by atoms with Crippen LogP contribution in [0.1, 0.15) is 30.8 Å². The van der Waals surface area contributed by atoms with Crippen LogP contribution >= 0.6 is 11.3 Å². The second kappa shape index (κ2) is 6.75. The number of benzene rings is 1. The largest absolute Gasteiger partial charge is 0.510 e. The first-order chi connectivity index (χ1) is 12.2. The maximum atomic E-state index is 12.9. The number of aromatic nitrogens is 1. The second-order valence-electron chi connectivity index (χ2n) is 6.17. The van der Waals surface area contributed by atoms with Crippen molar-refractivity contribution in [3.63, 3.8) is 0 Å². The van der Waals surface area contributed by atoms with Crippen molar-refractivity contribution in [3.05, 3.63) is 46.0 Å². The van der Waals surface area contributed by atoms with Crippen molar-refractivity contribution in [2.24, 2.45) is 0 Å². The molecular formula is C18H18F3N3OS. The predicted octanol–water partition coefficient (Wildman–Crippen LogP) is 5.19. The molecule has 4 nitrogen and oxygen atoms in total. The molecule has 1 aliphatic heterocycles. The van der Waals surface area contributed by atoms with Gasteiger partial charge in [-0.3, -0.25) is 5.41 Å². The van der Waals surface area contributed by atoms with Gasteiger partial charge in [-0.2, -0.15) is 13.2 Å². The van der Waals surface area contributed by atoms with Crippen LogP contribution in [0.15, 0.2) is 35.4 Å². The molecule has 2 heterocycles. The van der Waals surface area contributed by atoms with E-state index in [2.05, 4.69) is 4.98 Å². The summed E-state index contributed by atoms with van der Waals surface area (Å²) >= 11 is 1.21. The molecule has 0 fully saturated rings. The van der Waals surface area contributed by atoms with Crippen molar-refractivity contribution in [1.29, 1.82) is 5.41 Å². The van der Waals surface area contributed by atoms with Crippen LogP contribution in [0.5, 0.6) is 0 Å². The van der Waals surface area contributed by atoms with Crippen molar-refractivity contribution < 1.29 is 18.3 Å². The van der Waals surface area contributed by atoms with E-state index in [1.54, 1.807) is 16.3 Å². The molecule has 1 atom stereocenters. The Hall–Kier alpha value is -2.35. The first-order valence-electron chi connectivity index (χ1n) is 8.13. The molecule has 1 aromatic heterocycles. The zero-order chi connectivity index (χ0) is 19.1. The second-order valence-corrected chi connectivity index (χ2v) is 7.03. The topological polar surface area (TPSA) is 60.2 Å². The Bertz CT molecular complexity index is 873. The zero-order valence-corrected chi connectivity index (χ0v) is 15.1. The highest BCUT2D eigenvalue weighted by molar-refractivity contribution is 7.11. The van der Waals surface area contributed by atoms with E-state index in [4.69, 9.17) is 5.41 Å². The van der Waals surface area contributed by atoms with Gasteiger partial charge >= 0.3 is 6.18 Å². The Kier molecular flexibility index (Phi) is 4.79.